The summed E-state index contributed by atoms with van der Waals surface area (Å²) in [5.74, 6) is 3.31. The summed E-state index contributed by atoms with van der Waals surface area (Å²) in [6, 6.07) is 8.07. The van der Waals surface area contributed by atoms with E-state index in [1.807, 2.05) is 31.4 Å². The van der Waals surface area contributed by atoms with Gasteiger partial charge in [-0.3, -0.25) is 4.99 Å². The molecule has 0 saturated heterocycles. The van der Waals surface area contributed by atoms with Crippen LogP contribution < -0.4 is 15.4 Å². The van der Waals surface area contributed by atoms with Crippen LogP contribution in [-0.4, -0.2) is 47.2 Å². The third-order valence-corrected chi connectivity index (χ3v) is 5.00. The maximum absolute atomic E-state index is 5.68. The Morgan fingerprint density at radius 1 is 1.24 bits per heavy atom. The normalized spacial score (nSPS) is 11.7. The molecule has 29 heavy (non-hydrogen) atoms. The number of thioether (sulfide) groups is 1. The van der Waals surface area contributed by atoms with Crippen LogP contribution in [-0.2, 0) is 19.5 Å². The number of nitrogens with zero attached hydrogens (tertiary/aromatic N) is 4. The number of hydrogen-bond donors (Lipinski definition) is 2. The predicted octanol–water partition coefficient (Wildman–Crippen LogP) is 3.35. The molecule has 1 heterocycles. The molecule has 0 aliphatic rings. The Kier molecular flexibility index (Phi) is 9.83. The lowest BCUT2D eigenvalue weighted by atomic mass is 10.2. The first-order valence-electron chi connectivity index (χ1n) is 10.2. The van der Waals surface area contributed by atoms with Crippen molar-refractivity contribution in [2.75, 3.05) is 26.5 Å². The van der Waals surface area contributed by atoms with E-state index >= 15 is 0 Å². The van der Waals surface area contributed by atoms with E-state index in [1.165, 1.54) is 0 Å². The van der Waals surface area contributed by atoms with E-state index in [1.54, 1.807) is 18.8 Å². The van der Waals surface area contributed by atoms with Gasteiger partial charge < -0.3 is 19.9 Å². The minimum Gasteiger partial charge on any atom is -0.494 e. The van der Waals surface area contributed by atoms with Gasteiger partial charge in [-0.25, -0.2) is 0 Å². The van der Waals surface area contributed by atoms with E-state index in [4.69, 9.17) is 4.74 Å². The zero-order valence-corrected chi connectivity index (χ0v) is 19.1. The van der Waals surface area contributed by atoms with E-state index in [0.717, 1.165) is 54.2 Å². The summed E-state index contributed by atoms with van der Waals surface area (Å²) in [4.78, 5) is 4.31. The van der Waals surface area contributed by atoms with Crippen molar-refractivity contribution < 1.29 is 4.74 Å². The number of aliphatic imine (C=N–C) groups is 1. The van der Waals surface area contributed by atoms with Crippen molar-refractivity contribution in [3.8, 4) is 5.75 Å². The number of rotatable bonds is 11. The molecule has 0 saturated carbocycles. The molecular formula is C21H34N6OS. The highest BCUT2D eigenvalue weighted by Crippen LogP contribution is 2.18. The molecule has 0 aliphatic carbocycles. The van der Waals surface area contributed by atoms with Gasteiger partial charge in [0.15, 0.2) is 11.1 Å². The summed E-state index contributed by atoms with van der Waals surface area (Å²) in [6.45, 7) is 9.52. The van der Waals surface area contributed by atoms with Crippen LogP contribution in [0.4, 0.5) is 0 Å². The number of aryl methyl sites for hydroxylation is 1. The van der Waals surface area contributed by atoms with Crippen molar-refractivity contribution in [1.82, 2.24) is 25.4 Å². The Bertz CT molecular complexity index is 774. The SMILES string of the molecule is CCOc1ccccc1CNC(=NC)NCCCc1nnc(SC)n1CC(C)C. The van der Waals surface area contributed by atoms with E-state index in [9.17, 15) is 0 Å². The minimum atomic E-state index is 0.566. The molecule has 160 valence electrons. The van der Waals surface area contributed by atoms with Crippen molar-refractivity contribution in [3.63, 3.8) is 0 Å². The average molecular weight is 419 g/mol. The van der Waals surface area contributed by atoms with Gasteiger partial charge in [0.25, 0.3) is 0 Å². The highest BCUT2D eigenvalue weighted by molar-refractivity contribution is 7.98. The second-order valence-electron chi connectivity index (χ2n) is 7.10. The largest absolute Gasteiger partial charge is 0.494 e. The molecule has 0 radical (unpaired) electrons. The van der Waals surface area contributed by atoms with Gasteiger partial charge in [0.2, 0.25) is 0 Å². The standard InChI is InChI=1S/C21H34N6OS/c1-6-28-18-11-8-7-10-17(18)14-24-20(22-4)23-13-9-12-19-25-26-21(29-5)27(19)15-16(2)3/h7-8,10-11,16H,6,9,12-15H2,1-5H3,(H2,22,23,24). The van der Waals surface area contributed by atoms with Crippen LogP contribution in [0.25, 0.3) is 0 Å². The Hall–Kier alpha value is -2.22. The van der Waals surface area contributed by atoms with Gasteiger partial charge in [-0.05, 0) is 31.6 Å². The molecule has 0 fully saturated rings. The number of ether oxygens (including phenoxy) is 1. The van der Waals surface area contributed by atoms with E-state index in [0.29, 0.717) is 19.1 Å². The summed E-state index contributed by atoms with van der Waals surface area (Å²) < 4.78 is 7.93. The van der Waals surface area contributed by atoms with Gasteiger partial charge in [0.1, 0.15) is 11.6 Å². The van der Waals surface area contributed by atoms with Gasteiger partial charge in [0, 0.05) is 38.7 Å². The molecule has 1 aromatic carbocycles. The summed E-state index contributed by atoms with van der Waals surface area (Å²) in [7, 11) is 1.79. The second kappa shape index (κ2) is 12.4. The van der Waals surface area contributed by atoms with Gasteiger partial charge in [-0.1, -0.05) is 43.8 Å². The molecule has 0 spiro atoms. The van der Waals surface area contributed by atoms with Crippen molar-refractivity contribution in [2.45, 2.75) is 51.9 Å². The maximum Gasteiger partial charge on any atom is 0.191 e. The summed E-state index contributed by atoms with van der Waals surface area (Å²) in [5, 5.41) is 16.4. The van der Waals surface area contributed by atoms with Crippen LogP contribution in [0.3, 0.4) is 0 Å². The molecule has 2 N–H and O–H groups in total. The van der Waals surface area contributed by atoms with E-state index in [2.05, 4.69) is 50.3 Å². The fourth-order valence-corrected chi connectivity index (χ4v) is 3.53. The van der Waals surface area contributed by atoms with Crippen molar-refractivity contribution in [2.24, 2.45) is 10.9 Å². The maximum atomic E-state index is 5.68. The van der Waals surface area contributed by atoms with Gasteiger partial charge in [-0.2, -0.15) is 0 Å². The molecule has 1 aromatic heterocycles. The molecule has 2 aromatic rings. The van der Waals surface area contributed by atoms with Gasteiger partial charge in [-0.15, -0.1) is 10.2 Å². The highest BCUT2D eigenvalue weighted by Gasteiger charge is 2.12. The van der Waals surface area contributed by atoms with Crippen LogP contribution in [0.2, 0.25) is 0 Å². The first kappa shape index (κ1) is 23.1. The van der Waals surface area contributed by atoms with Crippen LogP contribution >= 0.6 is 11.8 Å². The Morgan fingerprint density at radius 2 is 2.03 bits per heavy atom. The third-order valence-electron chi connectivity index (χ3n) is 4.34. The quantitative estimate of drug-likeness (QED) is 0.252. The van der Waals surface area contributed by atoms with E-state index < -0.39 is 0 Å². The van der Waals surface area contributed by atoms with Crippen LogP contribution in [0, 0.1) is 5.92 Å². The van der Waals surface area contributed by atoms with E-state index in [-0.39, 0.29) is 0 Å². The Balaban J connectivity index is 1.82. The molecule has 7 nitrogen and oxygen atoms in total. The number of benzene rings is 1. The predicted molar refractivity (Wildman–Crippen MR) is 121 cm³/mol. The van der Waals surface area contributed by atoms with Crippen LogP contribution in [0.1, 0.15) is 38.6 Å². The summed E-state index contributed by atoms with van der Waals surface area (Å²) in [6.07, 6.45) is 3.89. The first-order valence-corrected chi connectivity index (χ1v) is 11.4. The fourth-order valence-electron chi connectivity index (χ4n) is 3.00. The highest BCUT2D eigenvalue weighted by atomic mass is 32.2. The molecule has 0 amide bonds. The topological polar surface area (TPSA) is 76.4 Å². The molecule has 0 atom stereocenters. The lowest BCUT2D eigenvalue weighted by molar-refractivity contribution is 0.336. The molecule has 0 bridgehead atoms. The number of hydrogen-bond acceptors (Lipinski definition) is 5. The molecule has 0 aliphatic heterocycles. The first-order chi connectivity index (χ1) is 14.1. The molecular weight excluding hydrogens is 384 g/mol. The van der Waals surface area contributed by atoms with Crippen molar-refractivity contribution in [3.05, 3.63) is 35.7 Å². The van der Waals surface area contributed by atoms with Crippen molar-refractivity contribution >= 4 is 17.7 Å². The van der Waals surface area contributed by atoms with Crippen molar-refractivity contribution in [1.29, 1.82) is 0 Å². The Labute approximate surface area is 178 Å². The monoisotopic (exact) mass is 418 g/mol. The molecule has 8 heteroatoms. The zero-order chi connectivity index (χ0) is 21.1. The average Bonchev–Trinajstić information content (AvgIpc) is 3.09. The second-order valence-corrected chi connectivity index (χ2v) is 7.88. The minimum absolute atomic E-state index is 0.566. The third kappa shape index (κ3) is 7.27. The zero-order valence-electron chi connectivity index (χ0n) is 18.2. The molecule has 0 unspecified atom stereocenters. The van der Waals surface area contributed by atoms with Crippen LogP contribution in [0.15, 0.2) is 34.4 Å². The van der Waals surface area contributed by atoms with Crippen LogP contribution in [0.5, 0.6) is 5.75 Å². The lowest BCUT2D eigenvalue weighted by Crippen LogP contribution is -2.37. The van der Waals surface area contributed by atoms with Gasteiger partial charge in [0.05, 0.1) is 6.61 Å². The number of para-hydroxylation sites is 1. The molecule has 2 rings (SSSR count). The lowest BCUT2D eigenvalue weighted by Gasteiger charge is -2.15. The fraction of sp³-hybridized carbons (Fsp3) is 0.571. The Morgan fingerprint density at radius 3 is 2.72 bits per heavy atom. The van der Waals surface area contributed by atoms with Gasteiger partial charge >= 0.3 is 0 Å². The summed E-state index contributed by atoms with van der Waals surface area (Å²) in [5.41, 5.74) is 1.11. The number of nitrogens with one attached hydrogen (secondary N) is 2. The number of guanidine groups is 1. The summed E-state index contributed by atoms with van der Waals surface area (Å²) >= 11 is 1.65. The number of aromatic nitrogens is 3. The smallest absolute Gasteiger partial charge is 0.191 e.